The summed E-state index contributed by atoms with van der Waals surface area (Å²) in [4.78, 5) is 1.32. The molecule has 9 heavy (non-hydrogen) atoms. The molecule has 1 heterocycles. The van der Waals surface area contributed by atoms with E-state index in [9.17, 15) is 0 Å². The van der Waals surface area contributed by atoms with Gasteiger partial charge >= 0.3 is 0 Å². The van der Waals surface area contributed by atoms with Crippen LogP contribution < -0.4 is 5.32 Å². The first-order chi connectivity index (χ1) is 4.47. The summed E-state index contributed by atoms with van der Waals surface area (Å²) in [5.41, 5.74) is 1.22. The van der Waals surface area contributed by atoms with E-state index in [1.54, 1.807) is 11.8 Å². The first-order valence-corrected chi connectivity index (χ1v) is 3.69. The van der Waals surface area contributed by atoms with E-state index >= 15 is 0 Å². The van der Waals surface area contributed by atoms with Gasteiger partial charge in [-0.25, -0.2) is 0 Å². The second-order valence-electron chi connectivity index (χ2n) is 1.88. The molecule has 2 rings (SSSR count). The third kappa shape index (κ3) is 0.793. The Morgan fingerprint density at radius 3 is 3.00 bits per heavy atom. The third-order valence-corrected chi connectivity index (χ3v) is 2.13. The van der Waals surface area contributed by atoms with Crippen molar-refractivity contribution in [1.82, 2.24) is 0 Å². The molecule has 1 nitrogen and oxygen atoms in total. The SMILES string of the molecule is [CH]1Nc2ccccc2S1. The lowest BCUT2D eigenvalue weighted by Crippen LogP contribution is -1.80. The zero-order chi connectivity index (χ0) is 6.10. The minimum Gasteiger partial charge on any atom is -0.370 e. The molecule has 1 aromatic rings. The minimum absolute atomic E-state index is 1.22. The van der Waals surface area contributed by atoms with Crippen molar-refractivity contribution in [1.29, 1.82) is 0 Å². The Morgan fingerprint density at radius 2 is 2.11 bits per heavy atom. The summed E-state index contributed by atoms with van der Waals surface area (Å²) in [5.74, 6) is 1.99. The number of para-hydroxylation sites is 1. The maximum atomic E-state index is 3.14. The van der Waals surface area contributed by atoms with Crippen molar-refractivity contribution < 1.29 is 0 Å². The van der Waals surface area contributed by atoms with Gasteiger partial charge in [0, 0.05) is 10.6 Å². The van der Waals surface area contributed by atoms with E-state index in [-0.39, 0.29) is 0 Å². The van der Waals surface area contributed by atoms with E-state index in [0.29, 0.717) is 0 Å². The molecule has 45 valence electrons. The highest BCUT2D eigenvalue weighted by Gasteiger charge is 2.07. The molecule has 0 aliphatic carbocycles. The molecule has 0 saturated carbocycles. The van der Waals surface area contributed by atoms with Gasteiger partial charge < -0.3 is 5.32 Å². The van der Waals surface area contributed by atoms with E-state index in [1.165, 1.54) is 10.6 Å². The summed E-state index contributed by atoms with van der Waals surface area (Å²) in [6.45, 7) is 0. The zero-order valence-corrected chi connectivity index (χ0v) is 5.61. The van der Waals surface area contributed by atoms with Crippen LogP contribution in [-0.2, 0) is 0 Å². The molecule has 1 aromatic carbocycles. The van der Waals surface area contributed by atoms with Gasteiger partial charge in [-0.1, -0.05) is 23.9 Å². The van der Waals surface area contributed by atoms with Crippen LogP contribution in [0.25, 0.3) is 0 Å². The Kier molecular flexibility index (Phi) is 1.12. The number of anilines is 1. The van der Waals surface area contributed by atoms with E-state index in [1.807, 2.05) is 18.0 Å². The molecule has 0 atom stereocenters. The first kappa shape index (κ1) is 5.18. The summed E-state index contributed by atoms with van der Waals surface area (Å²) in [7, 11) is 0. The monoisotopic (exact) mass is 136 g/mol. The lowest BCUT2D eigenvalue weighted by molar-refractivity contribution is 1.46. The molecule has 0 fully saturated rings. The van der Waals surface area contributed by atoms with Gasteiger partial charge in [0.05, 0.1) is 0 Å². The van der Waals surface area contributed by atoms with Crippen LogP contribution in [0.1, 0.15) is 0 Å². The van der Waals surface area contributed by atoms with E-state index in [2.05, 4.69) is 17.4 Å². The van der Waals surface area contributed by atoms with Gasteiger partial charge in [0.1, 0.15) is 5.88 Å². The Balaban J connectivity index is 2.54. The predicted octanol–water partition coefficient (Wildman–Crippen LogP) is 2.32. The van der Waals surface area contributed by atoms with Gasteiger partial charge in [-0.05, 0) is 12.1 Å². The molecule has 0 unspecified atom stereocenters. The van der Waals surface area contributed by atoms with Crippen LogP contribution in [0, 0.1) is 5.88 Å². The summed E-state index contributed by atoms with van der Waals surface area (Å²) < 4.78 is 0. The Labute approximate surface area is 58.5 Å². The normalized spacial score (nSPS) is 14.7. The molecule has 1 aliphatic rings. The van der Waals surface area contributed by atoms with Crippen LogP contribution in [0.3, 0.4) is 0 Å². The molecule has 0 bridgehead atoms. The fraction of sp³-hybridized carbons (Fsp3) is 0. The van der Waals surface area contributed by atoms with Crippen molar-refractivity contribution in [3.8, 4) is 0 Å². The summed E-state index contributed by atoms with van der Waals surface area (Å²) in [6.07, 6.45) is 0. The molecule has 0 saturated heterocycles. The molecule has 1 aliphatic heterocycles. The summed E-state index contributed by atoms with van der Waals surface area (Å²) >= 11 is 1.73. The van der Waals surface area contributed by atoms with Crippen LogP contribution >= 0.6 is 11.8 Å². The molecule has 0 amide bonds. The van der Waals surface area contributed by atoms with Crippen LogP contribution in [0.15, 0.2) is 29.2 Å². The van der Waals surface area contributed by atoms with Crippen molar-refractivity contribution >= 4 is 17.4 Å². The molecule has 1 radical (unpaired) electrons. The second-order valence-corrected chi connectivity index (χ2v) is 2.79. The minimum atomic E-state index is 1.22. The van der Waals surface area contributed by atoms with E-state index < -0.39 is 0 Å². The quantitative estimate of drug-likeness (QED) is 0.587. The molecule has 0 aromatic heterocycles. The van der Waals surface area contributed by atoms with E-state index in [4.69, 9.17) is 0 Å². The highest BCUT2D eigenvalue weighted by Crippen LogP contribution is 2.35. The number of nitrogens with one attached hydrogen (secondary N) is 1. The number of benzene rings is 1. The summed E-state index contributed by atoms with van der Waals surface area (Å²) in [6, 6.07) is 8.26. The largest absolute Gasteiger partial charge is 0.370 e. The number of thioether (sulfide) groups is 1. The molecule has 1 N–H and O–H groups in total. The van der Waals surface area contributed by atoms with Crippen LogP contribution in [0.5, 0.6) is 0 Å². The average molecular weight is 136 g/mol. The smallest absolute Gasteiger partial charge is 0.107 e. The van der Waals surface area contributed by atoms with Crippen LogP contribution in [0.4, 0.5) is 5.69 Å². The second kappa shape index (κ2) is 1.95. The van der Waals surface area contributed by atoms with E-state index in [0.717, 1.165) is 0 Å². The van der Waals surface area contributed by atoms with Gasteiger partial charge in [-0.3, -0.25) is 0 Å². The van der Waals surface area contributed by atoms with Crippen molar-refractivity contribution in [2.24, 2.45) is 0 Å². The highest BCUT2D eigenvalue weighted by atomic mass is 32.2. The Bertz CT molecular complexity index is 199. The Morgan fingerprint density at radius 1 is 1.22 bits per heavy atom. The van der Waals surface area contributed by atoms with Crippen molar-refractivity contribution in [2.75, 3.05) is 5.32 Å². The van der Waals surface area contributed by atoms with Gasteiger partial charge in [0.25, 0.3) is 0 Å². The molecular weight excluding hydrogens is 130 g/mol. The zero-order valence-electron chi connectivity index (χ0n) is 4.79. The van der Waals surface area contributed by atoms with Crippen molar-refractivity contribution in [3.63, 3.8) is 0 Å². The highest BCUT2D eigenvalue weighted by molar-refractivity contribution is 8.01. The van der Waals surface area contributed by atoms with Gasteiger partial charge in [-0.15, -0.1) is 0 Å². The standard InChI is InChI=1S/C7H6NS/c1-2-4-7-6(3-1)8-5-9-7/h1-5,8H. The Hall–Kier alpha value is -0.630. The molecular formula is C7H6NS. The predicted molar refractivity (Wildman–Crippen MR) is 40.2 cm³/mol. The van der Waals surface area contributed by atoms with Crippen molar-refractivity contribution in [2.45, 2.75) is 4.90 Å². The summed E-state index contributed by atoms with van der Waals surface area (Å²) in [5, 5.41) is 3.14. The number of fused-ring (bicyclic) bond motifs is 1. The van der Waals surface area contributed by atoms with Gasteiger partial charge in [0.2, 0.25) is 0 Å². The van der Waals surface area contributed by atoms with Gasteiger partial charge in [0.15, 0.2) is 0 Å². The number of hydrogen-bond donors (Lipinski definition) is 1. The molecule has 0 spiro atoms. The third-order valence-electron chi connectivity index (χ3n) is 1.29. The lowest BCUT2D eigenvalue weighted by Gasteiger charge is -1.92. The fourth-order valence-electron chi connectivity index (χ4n) is 0.845. The first-order valence-electron chi connectivity index (χ1n) is 2.81. The number of hydrogen-bond acceptors (Lipinski definition) is 2. The molecule has 2 heteroatoms. The lowest BCUT2D eigenvalue weighted by atomic mass is 10.3. The van der Waals surface area contributed by atoms with Crippen molar-refractivity contribution in [3.05, 3.63) is 30.1 Å². The van der Waals surface area contributed by atoms with Crippen LogP contribution in [-0.4, -0.2) is 0 Å². The maximum Gasteiger partial charge on any atom is 0.107 e. The number of rotatable bonds is 0. The maximum absolute atomic E-state index is 3.14. The van der Waals surface area contributed by atoms with Crippen LogP contribution in [0.2, 0.25) is 0 Å². The fourth-order valence-corrected chi connectivity index (χ4v) is 1.57. The van der Waals surface area contributed by atoms with Gasteiger partial charge in [-0.2, -0.15) is 0 Å². The average Bonchev–Trinajstić information content (AvgIpc) is 2.33. The topological polar surface area (TPSA) is 12.0 Å².